The number of aliphatic carboxylic acids is 1. The molecule has 2 amide bonds. The van der Waals surface area contributed by atoms with Crippen molar-refractivity contribution in [2.24, 2.45) is 0 Å². The molecule has 8 rings (SSSR count). The summed E-state index contributed by atoms with van der Waals surface area (Å²) in [4.78, 5) is 49.7. The first-order valence-corrected chi connectivity index (χ1v) is 21.5. The molecule has 2 bridgehead atoms. The number of likely N-dealkylation sites (N-methyl/N-ethyl adjacent to an activating group) is 1. The second-order valence-electron chi connectivity index (χ2n) is 17.0. The van der Waals surface area contributed by atoms with E-state index in [-0.39, 0.29) is 54.0 Å². The molecule has 3 fully saturated rings. The number of alkyl halides is 3. The van der Waals surface area contributed by atoms with E-state index in [4.69, 9.17) is 35.7 Å². The zero-order chi connectivity index (χ0) is 47.5. The molecule has 1 aromatic heterocycles. The van der Waals surface area contributed by atoms with E-state index in [1.165, 1.54) is 19.2 Å². The summed E-state index contributed by atoms with van der Waals surface area (Å²) in [5.74, 6) is -2.80. The standard InChI is InChI=1S/C45H48ClN5O8.C2HF3O2/c1-51(2)35-20-28(21-36(51)44-43(35)59-44)58-45(56)49-33-18-25(12-13-29(33)26-9-5-4-6-10-26)8-7-11-40(54)48-34-22-39(57-3)27(19-32(34)46)23-47-24-38(53)30-14-16-37(52)42-31(30)15-17-41(55)50-42;3-2(4,5)1(6)7/h4-6,9-10,12-19,22,28,35-36,38,43-44,47,53H,7-8,11,20-21,23-24H2,1-3H3,(H3-,48,49,50,52,54,55,56);(H,6,7)/t28-,35-,36+,38-,43-,44+;/m0./s1. The number of fused-ring (bicyclic) bond motifs is 6. The van der Waals surface area contributed by atoms with Gasteiger partial charge in [0, 0.05) is 61.0 Å². The number of morpholine rings is 1. The number of aryl methyl sites for hydroxylation is 1. The van der Waals surface area contributed by atoms with Crippen molar-refractivity contribution in [1.82, 2.24) is 10.3 Å². The van der Waals surface area contributed by atoms with Gasteiger partial charge in [-0.3, -0.25) is 14.9 Å². The lowest BCUT2D eigenvalue weighted by molar-refractivity contribution is -0.938. The maximum atomic E-state index is 13.4. The summed E-state index contributed by atoms with van der Waals surface area (Å²) in [6.07, 6.45) is -3.29. The Morgan fingerprint density at radius 1 is 0.970 bits per heavy atom. The Labute approximate surface area is 382 Å². The van der Waals surface area contributed by atoms with Gasteiger partial charge in [0.05, 0.1) is 49.2 Å². The van der Waals surface area contributed by atoms with E-state index in [9.17, 15) is 37.8 Å². The summed E-state index contributed by atoms with van der Waals surface area (Å²) < 4.78 is 50.0. The van der Waals surface area contributed by atoms with Gasteiger partial charge in [0.1, 0.15) is 47.9 Å². The van der Waals surface area contributed by atoms with Crippen LogP contribution in [0.15, 0.2) is 89.7 Å². The molecule has 6 atom stereocenters. The quantitative estimate of drug-likeness (QED) is 0.0565. The molecule has 15 nitrogen and oxygen atoms in total. The van der Waals surface area contributed by atoms with Gasteiger partial charge in [0.25, 0.3) is 0 Å². The van der Waals surface area contributed by atoms with Crippen molar-refractivity contribution in [3.63, 3.8) is 0 Å². The first kappa shape index (κ1) is 47.8. The number of phenols is 1. The molecule has 0 radical (unpaired) electrons. The number of anilines is 2. The molecule has 5 aromatic rings. The number of aromatic hydroxyl groups is 1. The van der Waals surface area contributed by atoms with Crippen LogP contribution in [0.4, 0.5) is 29.3 Å². The predicted molar refractivity (Wildman–Crippen MR) is 237 cm³/mol. The number of hydrogen-bond donors (Lipinski definition) is 6. The maximum Gasteiger partial charge on any atom is 0.430 e. The fraction of sp³-hybridized carbons (Fsp3) is 0.362. The minimum Gasteiger partial charge on any atom is -0.542 e. The van der Waals surface area contributed by atoms with Crippen LogP contribution in [0, 0.1) is 0 Å². The summed E-state index contributed by atoms with van der Waals surface area (Å²) in [5, 5.41) is 39.9. The normalized spacial score (nSPS) is 20.6. The summed E-state index contributed by atoms with van der Waals surface area (Å²) in [6, 6.07) is 25.8. The number of ether oxygens (including phenoxy) is 3. The molecular formula is C47H49ClF3N5O10. The van der Waals surface area contributed by atoms with Crippen molar-refractivity contribution < 1.29 is 61.6 Å². The Bertz CT molecular complexity index is 2650. The molecule has 0 spiro atoms. The average Bonchev–Trinajstić information content (AvgIpc) is 4.04. The second kappa shape index (κ2) is 19.7. The number of aliphatic hydroxyl groups is 1. The van der Waals surface area contributed by atoms with Gasteiger partial charge in [-0.2, -0.15) is 13.2 Å². The highest BCUT2D eigenvalue weighted by Gasteiger charge is 2.70. The van der Waals surface area contributed by atoms with Crippen molar-refractivity contribution in [2.45, 2.75) is 81.3 Å². The van der Waals surface area contributed by atoms with Crippen molar-refractivity contribution in [3.8, 4) is 22.6 Å². The molecule has 4 heterocycles. The number of carboxylic acids is 1. The van der Waals surface area contributed by atoms with Gasteiger partial charge >= 0.3 is 12.3 Å². The number of carbonyl (C=O) groups excluding carboxylic acids is 3. The molecule has 0 aliphatic carbocycles. The van der Waals surface area contributed by atoms with Gasteiger partial charge in [-0.15, -0.1) is 0 Å². The number of aromatic amines is 1. The number of H-pyrrole nitrogens is 1. The predicted octanol–water partition coefficient (Wildman–Crippen LogP) is 5.95. The summed E-state index contributed by atoms with van der Waals surface area (Å²) in [5.41, 5.74) is 5.05. The number of methoxy groups -OCH3 is 1. The van der Waals surface area contributed by atoms with E-state index in [2.05, 4.69) is 35.0 Å². The summed E-state index contributed by atoms with van der Waals surface area (Å²) in [6.45, 7) is 0.458. The number of benzene rings is 4. The third-order valence-electron chi connectivity index (χ3n) is 12.4. The van der Waals surface area contributed by atoms with E-state index in [0.717, 1.165) is 39.6 Å². The molecule has 3 saturated heterocycles. The van der Waals surface area contributed by atoms with Crippen molar-refractivity contribution in [1.29, 1.82) is 0 Å². The van der Waals surface area contributed by atoms with Crippen molar-refractivity contribution in [2.75, 3.05) is 38.4 Å². The molecule has 66 heavy (non-hydrogen) atoms. The summed E-state index contributed by atoms with van der Waals surface area (Å²) in [7, 11) is 6.02. The van der Waals surface area contributed by atoms with Gasteiger partial charge in [0.15, 0.2) is 0 Å². The Morgan fingerprint density at radius 2 is 1.67 bits per heavy atom. The summed E-state index contributed by atoms with van der Waals surface area (Å²) >= 11 is 6.64. The Kier molecular flexibility index (Phi) is 14.3. The van der Waals surface area contributed by atoms with Crippen LogP contribution < -0.4 is 31.4 Å². The Morgan fingerprint density at radius 3 is 2.33 bits per heavy atom. The van der Waals surface area contributed by atoms with E-state index in [0.29, 0.717) is 64.6 Å². The number of piperidine rings is 1. The van der Waals surface area contributed by atoms with Crippen molar-refractivity contribution in [3.05, 3.63) is 117 Å². The number of epoxide rings is 1. The fourth-order valence-electron chi connectivity index (χ4n) is 9.00. The molecular weight excluding hydrogens is 887 g/mol. The fourth-order valence-corrected chi connectivity index (χ4v) is 9.23. The molecule has 4 aromatic carbocycles. The first-order valence-electron chi connectivity index (χ1n) is 21.2. The average molecular weight is 936 g/mol. The minimum absolute atomic E-state index is 0.0822. The number of aliphatic hydroxyl groups excluding tert-OH is 1. The number of carbonyl (C=O) groups is 3. The lowest BCUT2D eigenvalue weighted by Gasteiger charge is -2.45. The van der Waals surface area contributed by atoms with Gasteiger partial charge < -0.3 is 54.4 Å². The van der Waals surface area contributed by atoms with Crippen LogP contribution in [0.2, 0.25) is 5.02 Å². The Balaban J connectivity index is 0.000000858. The van der Waals surface area contributed by atoms with Crippen LogP contribution in [-0.4, -0.2) is 102 Å². The van der Waals surface area contributed by atoms with Gasteiger partial charge in [-0.05, 0) is 53.8 Å². The van der Waals surface area contributed by atoms with Crippen LogP contribution in [0.3, 0.4) is 0 Å². The van der Waals surface area contributed by atoms with Crippen LogP contribution in [0.5, 0.6) is 11.5 Å². The molecule has 3 aliphatic heterocycles. The molecule has 350 valence electrons. The van der Waals surface area contributed by atoms with Crippen molar-refractivity contribution >= 4 is 51.8 Å². The third kappa shape index (κ3) is 10.9. The van der Waals surface area contributed by atoms with Gasteiger partial charge in [0.2, 0.25) is 11.5 Å². The van der Waals surface area contributed by atoms with Crippen LogP contribution in [0.1, 0.15) is 48.5 Å². The highest BCUT2D eigenvalue weighted by Crippen LogP contribution is 2.51. The minimum atomic E-state index is -5.19. The second-order valence-corrected chi connectivity index (χ2v) is 17.4. The number of rotatable bonds is 14. The number of carboxylic acid groups (broad SMARTS) is 1. The first-order chi connectivity index (χ1) is 31.3. The Hall–Kier alpha value is -6.18. The number of nitrogens with zero attached hydrogens (tertiary/aromatic N) is 1. The van der Waals surface area contributed by atoms with E-state index in [1.807, 2.05) is 48.5 Å². The number of nitrogens with one attached hydrogen (secondary N) is 4. The number of halogens is 4. The van der Waals surface area contributed by atoms with Crippen LogP contribution in [-0.2, 0) is 32.0 Å². The van der Waals surface area contributed by atoms with Crippen LogP contribution in [0.25, 0.3) is 22.0 Å². The molecule has 3 aliphatic rings. The number of amides is 2. The van der Waals surface area contributed by atoms with E-state index in [1.54, 1.807) is 24.3 Å². The molecule has 0 saturated carbocycles. The third-order valence-corrected chi connectivity index (χ3v) is 12.7. The highest BCUT2D eigenvalue weighted by molar-refractivity contribution is 6.33. The number of hydrogen-bond acceptors (Lipinski definition) is 11. The number of phenolic OH excluding ortho intramolecular Hbond substituents is 1. The zero-order valence-electron chi connectivity index (χ0n) is 36.1. The topological polar surface area (TPSA) is 215 Å². The van der Waals surface area contributed by atoms with Gasteiger partial charge in [-0.25, -0.2) is 4.79 Å². The number of quaternary nitrogens is 1. The number of pyridine rings is 1. The smallest absolute Gasteiger partial charge is 0.430 e. The molecule has 19 heteroatoms. The highest BCUT2D eigenvalue weighted by atomic mass is 35.5. The van der Waals surface area contributed by atoms with Gasteiger partial charge in [-0.1, -0.05) is 60.1 Å². The van der Waals surface area contributed by atoms with E-state index < -0.39 is 24.3 Å². The van der Waals surface area contributed by atoms with E-state index >= 15 is 0 Å². The lowest BCUT2D eigenvalue weighted by Crippen LogP contribution is -2.60. The largest absolute Gasteiger partial charge is 0.542 e. The maximum absolute atomic E-state index is 13.4. The zero-order valence-corrected chi connectivity index (χ0v) is 36.9. The molecule has 0 unspecified atom stereocenters. The SMILES string of the molecule is COc1cc(NC(=O)CCCc2ccc(-c3ccccc3)c(NC(=O)O[C@@H]3C[C@@H]4[C@H]5O[C@H]5[C@H](C3)[N+]4(C)C)c2)c(Cl)cc1CNC[C@H](O)c1ccc(O)c2[nH]c(=O)ccc12.O=C([O-])C(F)(F)F. The number of aromatic nitrogens is 1. The molecule has 6 N–H and O–H groups in total. The monoisotopic (exact) mass is 935 g/mol. The van der Waals surface area contributed by atoms with Crippen LogP contribution >= 0.6 is 11.6 Å². The lowest BCUT2D eigenvalue weighted by atomic mass is 9.96.